The molecule has 2 rings (SSSR count). The Bertz CT molecular complexity index is 397. The number of hydrogen-bond acceptors (Lipinski definition) is 3. The van der Waals surface area contributed by atoms with E-state index in [0.717, 1.165) is 36.9 Å². The van der Waals surface area contributed by atoms with Gasteiger partial charge >= 0.3 is 0 Å². The average Bonchev–Trinajstić information content (AvgIpc) is 2.89. The van der Waals surface area contributed by atoms with Crippen molar-refractivity contribution in [1.82, 2.24) is 9.78 Å². The second-order valence-electron chi connectivity index (χ2n) is 4.33. The highest BCUT2D eigenvalue weighted by molar-refractivity contribution is 9.10. The first-order chi connectivity index (χ1) is 8.22. The van der Waals surface area contributed by atoms with Gasteiger partial charge in [0.25, 0.3) is 0 Å². The van der Waals surface area contributed by atoms with E-state index in [9.17, 15) is 4.79 Å². The second kappa shape index (κ2) is 5.78. The minimum absolute atomic E-state index is 0.0966. The SMILES string of the molecule is CCCn1ncc(Br)c1C(=O)CC1CCCO1. The van der Waals surface area contributed by atoms with Crippen molar-refractivity contribution in [2.24, 2.45) is 0 Å². The first-order valence-corrected chi connectivity index (χ1v) is 6.87. The molecule has 5 heteroatoms. The van der Waals surface area contributed by atoms with Crippen LogP contribution in [0.2, 0.25) is 0 Å². The number of carbonyl (C=O) groups excluding carboxylic acids is 1. The van der Waals surface area contributed by atoms with Crippen LogP contribution in [0.25, 0.3) is 0 Å². The molecule has 0 aliphatic carbocycles. The summed E-state index contributed by atoms with van der Waals surface area (Å²) < 4.78 is 8.06. The first-order valence-electron chi connectivity index (χ1n) is 6.08. The number of hydrogen-bond donors (Lipinski definition) is 0. The van der Waals surface area contributed by atoms with Crippen molar-refractivity contribution in [1.29, 1.82) is 0 Å². The van der Waals surface area contributed by atoms with Crippen LogP contribution in [0.3, 0.4) is 0 Å². The number of ketones is 1. The fourth-order valence-electron chi connectivity index (χ4n) is 2.13. The number of Topliss-reactive ketones (excluding diaryl/α,β-unsaturated/α-hetero) is 1. The molecule has 1 fully saturated rings. The van der Waals surface area contributed by atoms with Gasteiger partial charge in [-0.15, -0.1) is 0 Å². The molecule has 0 bridgehead atoms. The monoisotopic (exact) mass is 300 g/mol. The largest absolute Gasteiger partial charge is 0.378 e. The summed E-state index contributed by atoms with van der Waals surface area (Å²) in [6, 6.07) is 0. The molecule has 17 heavy (non-hydrogen) atoms. The van der Waals surface area contributed by atoms with Crippen LogP contribution in [-0.2, 0) is 11.3 Å². The van der Waals surface area contributed by atoms with Gasteiger partial charge in [-0.05, 0) is 35.2 Å². The molecule has 0 N–H and O–H groups in total. The summed E-state index contributed by atoms with van der Waals surface area (Å²) in [5.41, 5.74) is 0.683. The van der Waals surface area contributed by atoms with E-state index in [-0.39, 0.29) is 11.9 Å². The second-order valence-corrected chi connectivity index (χ2v) is 5.18. The lowest BCUT2D eigenvalue weighted by molar-refractivity contribution is 0.0766. The number of aryl methyl sites for hydroxylation is 1. The van der Waals surface area contributed by atoms with Crippen molar-refractivity contribution in [3.05, 3.63) is 16.4 Å². The standard InChI is InChI=1S/C12H17BrN2O2/c1-2-5-15-12(10(13)8-14-15)11(16)7-9-4-3-6-17-9/h8-9H,2-7H2,1H3. The molecule has 1 atom stereocenters. The van der Waals surface area contributed by atoms with E-state index < -0.39 is 0 Å². The minimum Gasteiger partial charge on any atom is -0.378 e. The third-order valence-electron chi connectivity index (χ3n) is 2.93. The molecule has 0 spiro atoms. The number of ether oxygens (including phenoxy) is 1. The fourth-order valence-corrected chi connectivity index (χ4v) is 2.65. The van der Waals surface area contributed by atoms with E-state index in [2.05, 4.69) is 28.0 Å². The van der Waals surface area contributed by atoms with Crippen LogP contribution in [0.15, 0.2) is 10.7 Å². The molecule has 2 heterocycles. The van der Waals surface area contributed by atoms with Crippen LogP contribution in [0.1, 0.15) is 43.1 Å². The van der Waals surface area contributed by atoms with Crippen LogP contribution < -0.4 is 0 Å². The highest BCUT2D eigenvalue weighted by Crippen LogP contribution is 2.22. The maximum atomic E-state index is 12.2. The molecular formula is C12H17BrN2O2. The van der Waals surface area contributed by atoms with E-state index >= 15 is 0 Å². The first kappa shape index (κ1) is 12.8. The van der Waals surface area contributed by atoms with Crippen molar-refractivity contribution in [2.75, 3.05) is 6.61 Å². The highest BCUT2D eigenvalue weighted by Gasteiger charge is 2.23. The number of rotatable bonds is 5. The number of halogens is 1. The Hall–Kier alpha value is -0.680. The third-order valence-corrected chi connectivity index (χ3v) is 3.51. The lowest BCUT2D eigenvalue weighted by Gasteiger charge is -2.10. The summed E-state index contributed by atoms with van der Waals surface area (Å²) in [6.07, 6.45) is 5.28. The predicted molar refractivity (Wildman–Crippen MR) is 68.1 cm³/mol. The normalized spacial score (nSPS) is 19.8. The topological polar surface area (TPSA) is 44.1 Å². The van der Waals surface area contributed by atoms with E-state index in [0.29, 0.717) is 12.1 Å². The zero-order chi connectivity index (χ0) is 12.3. The van der Waals surface area contributed by atoms with Crippen LogP contribution >= 0.6 is 15.9 Å². The van der Waals surface area contributed by atoms with Crippen molar-refractivity contribution < 1.29 is 9.53 Å². The van der Waals surface area contributed by atoms with Crippen LogP contribution in [0, 0.1) is 0 Å². The molecule has 4 nitrogen and oxygen atoms in total. The number of nitrogens with zero attached hydrogens (tertiary/aromatic N) is 2. The van der Waals surface area contributed by atoms with Gasteiger partial charge in [0.05, 0.1) is 16.8 Å². The minimum atomic E-state index is 0.0966. The Morgan fingerprint density at radius 1 is 1.71 bits per heavy atom. The molecule has 0 amide bonds. The van der Waals surface area contributed by atoms with E-state index in [1.54, 1.807) is 10.9 Å². The predicted octanol–water partition coefficient (Wildman–Crippen LogP) is 2.81. The van der Waals surface area contributed by atoms with Gasteiger partial charge < -0.3 is 4.74 Å². The molecule has 0 saturated carbocycles. The van der Waals surface area contributed by atoms with Gasteiger partial charge in [0.15, 0.2) is 5.78 Å². The van der Waals surface area contributed by atoms with Crippen molar-refractivity contribution in [3.8, 4) is 0 Å². The van der Waals surface area contributed by atoms with Gasteiger partial charge in [0.1, 0.15) is 5.69 Å². The summed E-state index contributed by atoms with van der Waals surface area (Å²) in [4.78, 5) is 12.2. The quantitative estimate of drug-likeness (QED) is 0.786. The smallest absolute Gasteiger partial charge is 0.184 e. The molecule has 0 radical (unpaired) electrons. The summed E-state index contributed by atoms with van der Waals surface area (Å²) >= 11 is 3.39. The zero-order valence-electron chi connectivity index (χ0n) is 9.99. The Morgan fingerprint density at radius 3 is 3.18 bits per heavy atom. The highest BCUT2D eigenvalue weighted by atomic mass is 79.9. The summed E-state index contributed by atoms with van der Waals surface area (Å²) in [5, 5.41) is 4.21. The maximum absolute atomic E-state index is 12.2. The van der Waals surface area contributed by atoms with Crippen molar-refractivity contribution in [3.63, 3.8) is 0 Å². The van der Waals surface area contributed by atoms with Crippen molar-refractivity contribution >= 4 is 21.7 Å². The molecule has 1 unspecified atom stereocenters. The van der Waals surface area contributed by atoms with Gasteiger partial charge in [-0.25, -0.2) is 0 Å². The van der Waals surface area contributed by atoms with Gasteiger partial charge in [0, 0.05) is 19.6 Å². The molecular weight excluding hydrogens is 284 g/mol. The Balaban J connectivity index is 2.09. The molecule has 1 aromatic heterocycles. The Morgan fingerprint density at radius 2 is 2.53 bits per heavy atom. The molecule has 1 aromatic rings. The van der Waals surface area contributed by atoms with Crippen LogP contribution in [-0.4, -0.2) is 28.3 Å². The Labute approximate surface area is 109 Å². The van der Waals surface area contributed by atoms with Crippen LogP contribution in [0.5, 0.6) is 0 Å². The van der Waals surface area contributed by atoms with Gasteiger partial charge in [-0.2, -0.15) is 5.10 Å². The molecule has 1 aliphatic heterocycles. The van der Waals surface area contributed by atoms with Crippen molar-refractivity contribution in [2.45, 2.75) is 45.3 Å². The average molecular weight is 301 g/mol. The summed E-state index contributed by atoms with van der Waals surface area (Å²) in [7, 11) is 0. The lowest BCUT2D eigenvalue weighted by atomic mass is 10.1. The number of carbonyl (C=O) groups is 1. The van der Waals surface area contributed by atoms with Gasteiger partial charge in [0.2, 0.25) is 0 Å². The summed E-state index contributed by atoms with van der Waals surface area (Å²) in [5.74, 6) is 0.120. The molecule has 94 valence electrons. The zero-order valence-corrected chi connectivity index (χ0v) is 11.6. The lowest BCUT2D eigenvalue weighted by Crippen LogP contribution is -2.17. The third kappa shape index (κ3) is 2.96. The molecule has 0 aromatic carbocycles. The van der Waals surface area contributed by atoms with E-state index in [1.807, 2.05) is 0 Å². The molecule has 1 saturated heterocycles. The fraction of sp³-hybridized carbons (Fsp3) is 0.667. The van der Waals surface area contributed by atoms with Gasteiger partial charge in [-0.3, -0.25) is 9.48 Å². The number of aromatic nitrogens is 2. The van der Waals surface area contributed by atoms with E-state index in [1.165, 1.54) is 0 Å². The maximum Gasteiger partial charge on any atom is 0.184 e. The van der Waals surface area contributed by atoms with Gasteiger partial charge in [-0.1, -0.05) is 6.92 Å². The summed E-state index contributed by atoms with van der Waals surface area (Å²) in [6.45, 7) is 3.63. The Kier molecular flexibility index (Phi) is 4.34. The van der Waals surface area contributed by atoms with E-state index in [4.69, 9.17) is 4.74 Å². The van der Waals surface area contributed by atoms with Crippen LogP contribution in [0.4, 0.5) is 0 Å². The molecule has 1 aliphatic rings.